The van der Waals surface area contributed by atoms with Crippen molar-refractivity contribution in [2.24, 2.45) is 5.92 Å². The summed E-state index contributed by atoms with van der Waals surface area (Å²) in [5, 5.41) is 4.04. The summed E-state index contributed by atoms with van der Waals surface area (Å²) in [6, 6.07) is 2.54. The van der Waals surface area contributed by atoms with Crippen molar-refractivity contribution < 1.29 is 13.9 Å². The summed E-state index contributed by atoms with van der Waals surface area (Å²) in [6.07, 6.45) is 7.18. The molecule has 1 amide bonds. The molecule has 0 bridgehead atoms. The number of hydrogen-bond donors (Lipinski definition) is 1. The Balaban J connectivity index is 1.27. The van der Waals surface area contributed by atoms with E-state index in [2.05, 4.69) is 31.9 Å². The van der Waals surface area contributed by atoms with Crippen molar-refractivity contribution in [3.05, 3.63) is 18.0 Å². The summed E-state index contributed by atoms with van der Waals surface area (Å²) in [4.78, 5) is 34.2. The molecule has 1 atom stereocenters. The molecule has 3 fully saturated rings. The van der Waals surface area contributed by atoms with E-state index in [1.54, 1.807) is 11.3 Å². The van der Waals surface area contributed by atoms with Crippen molar-refractivity contribution in [2.75, 3.05) is 72.5 Å². The van der Waals surface area contributed by atoms with Crippen molar-refractivity contribution >= 4 is 50.2 Å². The molecular formula is C25H33N7O3S. The van der Waals surface area contributed by atoms with Gasteiger partial charge >= 0.3 is 0 Å². The highest BCUT2D eigenvalue weighted by Crippen LogP contribution is 2.36. The number of morpholine rings is 1. The number of carbonyl (C=O) groups is 1. The molecule has 3 aromatic rings. The van der Waals surface area contributed by atoms with Crippen LogP contribution in [0.4, 0.5) is 22.7 Å². The second kappa shape index (κ2) is 10.2. The van der Waals surface area contributed by atoms with Crippen molar-refractivity contribution in [3.63, 3.8) is 0 Å². The van der Waals surface area contributed by atoms with E-state index in [9.17, 15) is 4.79 Å². The molecule has 3 aliphatic rings. The molecule has 36 heavy (non-hydrogen) atoms. The summed E-state index contributed by atoms with van der Waals surface area (Å²) in [5.41, 5.74) is 1.71. The van der Waals surface area contributed by atoms with E-state index in [0.29, 0.717) is 30.8 Å². The molecule has 0 aromatic carbocycles. The summed E-state index contributed by atoms with van der Waals surface area (Å²) in [5.74, 6) is 1.15. The number of rotatable bonds is 6. The Morgan fingerprint density at radius 3 is 2.67 bits per heavy atom. The average Bonchev–Trinajstić information content (AvgIpc) is 3.68. The fourth-order valence-electron chi connectivity index (χ4n) is 5.21. The predicted molar refractivity (Wildman–Crippen MR) is 142 cm³/mol. The number of thiazole rings is 1. The van der Waals surface area contributed by atoms with Gasteiger partial charge in [-0.15, -0.1) is 0 Å². The molecule has 0 radical (unpaired) electrons. The van der Waals surface area contributed by atoms with Gasteiger partial charge in [0.2, 0.25) is 0 Å². The number of piperidine rings is 1. The third-order valence-corrected chi connectivity index (χ3v) is 8.45. The van der Waals surface area contributed by atoms with Crippen LogP contribution in [0.5, 0.6) is 0 Å². The first kappa shape index (κ1) is 23.5. The largest absolute Gasteiger partial charge is 0.431 e. The van der Waals surface area contributed by atoms with Crippen LogP contribution in [0.25, 0.3) is 10.3 Å². The molecule has 1 unspecified atom stereocenters. The predicted octanol–water partition coefficient (Wildman–Crippen LogP) is 3.99. The smallest absolute Gasteiger partial charge is 0.297 e. The highest BCUT2D eigenvalue weighted by atomic mass is 32.1. The van der Waals surface area contributed by atoms with E-state index in [4.69, 9.17) is 19.1 Å². The van der Waals surface area contributed by atoms with Gasteiger partial charge in [-0.05, 0) is 37.7 Å². The monoisotopic (exact) mass is 511 g/mol. The second-order valence-corrected chi connectivity index (χ2v) is 10.8. The topological polar surface area (TPSA) is 99.9 Å². The van der Waals surface area contributed by atoms with E-state index < -0.39 is 0 Å². The Morgan fingerprint density at radius 2 is 1.89 bits per heavy atom. The first-order chi connectivity index (χ1) is 17.7. The third kappa shape index (κ3) is 4.73. The van der Waals surface area contributed by atoms with Gasteiger partial charge in [0.05, 0.1) is 23.6 Å². The molecule has 6 heterocycles. The maximum Gasteiger partial charge on any atom is 0.297 e. The van der Waals surface area contributed by atoms with Crippen LogP contribution in [0.15, 0.2) is 16.7 Å². The lowest BCUT2D eigenvalue weighted by atomic mass is 10.1. The molecular weight excluding hydrogens is 478 g/mol. The van der Waals surface area contributed by atoms with Crippen LogP contribution in [0, 0.1) is 5.92 Å². The number of carbonyl (C=O) groups excluding carboxylic acids is 1. The number of pyridine rings is 1. The zero-order valence-corrected chi connectivity index (χ0v) is 21.6. The van der Waals surface area contributed by atoms with E-state index in [-0.39, 0.29) is 11.6 Å². The fourth-order valence-corrected chi connectivity index (χ4v) is 6.21. The maximum atomic E-state index is 13.3. The van der Waals surface area contributed by atoms with Gasteiger partial charge in [0.25, 0.3) is 11.9 Å². The van der Waals surface area contributed by atoms with Crippen LogP contribution in [0.3, 0.4) is 0 Å². The molecule has 3 saturated heterocycles. The Labute approximate surface area is 214 Å². The lowest BCUT2D eigenvalue weighted by Gasteiger charge is -2.29. The highest BCUT2D eigenvalue weighted by Gasteiger charge is 2.27. The van der Waals surface area contributed by atoms with Crippen molar-refractivity contribution in [3.8, 4) is 0 Å². The molecule has 0 saturated carbocycles. The van der Waals surface area contributed by atoms with Crippen LogP contribution in [-0.2, 0) is 4.74 Å². The summed E-state index contributed by atoms with van der Waals surface area (Å²) < 4.78 is 12.1. The van der Waals surface area contributed by atoms with Crippen LogP contribution >= 0.6 is 11.3 Å². The van der Waals surface area contributed by atoms with Crippen LogP contribution in [-0.4, -0.2) is 73.3 Å². The number of ether oxygens (including phenoxy) is 1. The van der Waals surface area contributed by atoms with Gasteiger partial charge in [-0.3, -0.25) is 4.79 Å². The molecule has 3 aliphatic heterocycles. The quantitative estimate of drug-likeness (QED) is 0.526. The zero-order chi connectivity index (χ0) is 24.5. The lowest BCUT2D eigenvalue weighted by Crippen LogP contribution is -2.36. The number of oxazole rings is 1. The normalized spacial score (nSPS) is 20.9. The van der Waals surface area contributed by atoms with Gasteiger partial charge in [-0.2, -0.15) is 9.97 Å². The SMILES string of the molecule is CCC1CCN(c2nc(C(=O)Nc3cc4sc(N5CCOCC5)nc4nc3N3CCCCC3)co2)C1. The van der Waals surface area contributed by atoms with Crippen LogP contribution < -0.4 is 20.0 Å². The number of nitrogens with one attached hydrogen (secondary N) is 1. The number of aromatic nitrogens is 3. The standard InChI is InChI=1S/C25H33N7O3S/c1-2-17-6-9-32(15-17)24-27-19(16-35-24)23(33)26-18-14-20-21(28-22(18)30-7-4-3-5-8-30)29-25(36-20)31-10-12-34-13-11-31/h14,16-17H,2-13,15H2,1H3,(H,26,33). The second-order valence-electron chi connectivity index (χ2n) is 9.80. The Hall–Kier alpha value is -2.92. The molecule has 10 nitrogen and oxygen atoms in total. The number of anilines is 4. The van der Waals surface area contributed by atoms with Gasteiger partial charge in [0, 0.05) is 39.3 Å². The first-order valence-electron chi connectivity index (χ1n) is 13.1. The summed E-state index contributed by atoms with van der Waals surface area (Å²) in [7, 11) is 0. The number of fused-ring (bicyclic) bond motifs is 1. The van der Waals surface area contributed by atoms with E-state index >= 15 is 0 Å². The van der Waals surface area contributed by atoms with Gasteiger partial charge in [-0.25, -0.2) is 4.98 Å². The van der Waals surface area contributed by atoms with Gasteiger partial charge in [-0.1, -0.05) is 24.7 Å². The number of amides is 1. The maximum absolute atomic E-state index is 13.3. The van der Waals surface area contributed by atoms with E-state index in [1.807, 2.05) is 6.07 Å². The molecule has 3 aromatic heterocycles. The number of hydrogen-bond acceptors (Lipinski definition) is 10. The third-order valence-electron chi connectivity index (χ3n) is 7.40. The molecule has 1 N–H and O–H groups in total. The van der Waals surface area contributed by atoms with Gasteiger partial charge in [0.1, 0.15) is 6.26 Å². The van der Waals surface area contributed by atoms with Crippen molar-refractivity contribution in [2.45, 2.75) is 39.0 Å². The first-order valence-corrected chi connectivity index (χ1v) is 13.9. The van der Waals surface area contributed by atoms with Gasteiger partial charge in [0.15, 0.2) is 22.3 Å². The van der Waals surface area contributed by atoms with Crippen molar-refractivity contribution in [1.82, 2.24) is 15.0 Å². The fraction of sp³-hybridized carbons (Fsp3) is 0.600. The van der Waals surface area contributed by atoms with Gasteiger partial charge < -0.3 is 29.2 Å². The highest BCUT2D eigenvalue weighted by molar-refractivity contribution is 7.22. The minimum Gasteiger partial charge on any atom is -0.431 e. The lowest BCUT2D eigenvalue weighted by molar-refractivity contribution is 0.102. The molecule has 192 valence electrons. The van der Waals surface area contributed by atoms with Crippen LogP contribution in [0.1, 0.15) is 49.5 Å². The Morgan fingerprint density at radius 1 is 1.06 bits per heavy atom. The minimum atomic E-state index is -0.284. The number of nitrogens with zero attached hydrogens (tertiary/aromatic N) is 6. The molecule has 0 spiro atoms. The van der Waals surface area contributed by atoms with E-state index in [0.717, 1.165) is 86.2 Å². The summed E-state index contributed by atoms with van der Waals surface area (Å²) >= 11 is 1.61. The van der Waals surface area contributed by atoms with Crippen LogP contribution in [0.2, 0.25) is 0 Å². The molecule has 6 rings (SSSR count). The summed E-state index contributed by atoms with van der Waals surface area (Å²) in [6.45, 7) is 8.96. The Bertz CT molecular complexity index is 1220. The Kier molecular flexibility index (Phi) is 6.66. The zero-order valence-electron chi connectivity index (χ0n) is 20.7. The molecule has 0 aliphatic carbocycles. The van der Waals surface area contributed by atoms with E-state index in [1.165, 1.54) is 12.7 Å². The van der Waals surface area contributed by atoms with Crippen molar-refractivity contribution in [1.29, 1.82) is 0 Å². The average molecular weight is 512 g/mol. The molecule has 11 heteroatoms. The minimum absolute atomic E-state index is 0.284.